The Labute approximate surface area is 72.8 Å². The number of rotatable bonds is 3. The zero-order chi connectivity index (χ0) is 8.81. The SMILES string of the molecule is Cc1ccccc1CCNC#N. The van der Waals surface area contributed by atoms with Crippen LogP contribution in [0.3, 0.4) is 0 Å². The first-order valence-corrected chi connectivity index (χ1v) is 4.01. The number of nitriles is 1. The molecule has 1 N–H and O–H groups in total. The molecule has 0 unspecified atom stereocenters. The Hall–Kier alpha value is -1.49. The van der Waals surface area contributed by atoms with Gasteiger partial charge in [-0.2, -0.15) is 5.26 Å². The third-order valence-corrected chi connectivity index (χ3v) is 1.86. The standard InChI is InChI=1S/C10H12N2/c1-9-4-2-3-5-10(9)6-7-12-8-11/h2-5,12H,6-7H2,1H3. The molecule has 1 rings (SSSR count). The Morgan fingerprint density at radius 2 is 2.17 bits per heavy atom. The minimum atomic E-state index is 0.724. The molecule has 0 heterocycles. The average molecular weight is 160 g/mol. The van der Waals surface area contributed by atoms with Crippen LogP contribution in [0.5, 0.6) is 0 Å². The Morgan fingerprint density at radius 1 is 1.42 bits per heavy atom. The third-order valence-electron chi connectivity index (χ3n) is 1.86. The van der Waals surface area contributed by atoms with Crippen LogP contribution in [0.1, 0.15) is 11.1 Å². The van der Waals surface area contributed by atoms with Gasteiger partial charge in [-0.1, -0.05) is 24.3 Å². The highest BCUT2D eigenvalue weighted by Gasteiger charge is 1.94. The molecule has 0 aliphatic carbocycles. The maximum absolute atomic E-state index is 8.25. The van der Waals surface area contributed by atoms with Crippen molar-refractivity contribution in [2.75, 3.05) is 6.54 Å². The second kappa shape index (κ2) is 4.40. The van der Waals surface area contributed by atoms with Crippen LogP contribution in [0, 0.1) is 18.4 Å². The predicted octanol–water partition coefficient (Wildman–Crippen LogP) is 1.61. The van der Waals surface area contributed by atoms with Crippen molar-refractivity contribution >= 4 is 0 Å². The van der Waals surface area contributed by atoms with Gasteiger partial charge in [-0.3, -0.25) is 0 Å². The largest absolute Gasteiger partial charge is 0.324 e. The van der Waals surface area contributed by atoms with Gasteiger partial charge >= 0.3 is 0 Å². The number of benzene rings is 1. The van der Waals surface area contributed by atoms with Crippen molar-refractivity contribution in [1.82, 2.24) is 5.32 Å². The van der Waals surface area contributed by atoms with E-state index in [2.05, 4.69) is 24.4 Å². The average Bonchev–Trinajstić information content (AvgIpc) is 2.09. The number of nitrogens with zero attached hydrogens (tertiary/aromatic N) is 1. The van der Waals surface area contributed by atoms with E-state index in [0.717, 1.165) is 13.0 Å². The quantitative estimate of drug-likeness (QED) is 0.414. The summed E-state index contributed by atoms with van der Waals surface area (Å²) in [6.45, 7) is 2.81. The van der Waals surface area contributed by atoms with Crippen LogP contribution in [-0.2, 0) is 6.42 Å². The van der Waals surface area contributed by atoms with E-state index in [-0.39, 0.29) is 0 Å². The normalized spacial score (nSPS) is 9.00. The highest BCUT2D eigenvalue weighted by molar-refractivity contribution is 5.25. The van der Waals surface area contributed by atoms with Crippen LogP contribution < -0.4 is 5.32 Å². The fraction of sp³-hybridized carbons (Fsp3) is 0.300. The molecule has 0 spiro atoms. The van der Waals surface area contributed by atoms with Crippen LogP contribution in [-0.4, -0.2) is 6.54 Å². The maximum Gasteiger partial charge on any atom is 0.176 e. The summed E-state index contributed by atoms with van der Waals surface area (Å²) in [7, 11) is 0. The molecule has 62 valence electrons. The lowest BCUT2D eigenvalue weighted by molar-refractivity contribution is 0.839. The molecule has 0 saturated heterocycles. The van der Waals surface area contributed by atoms with E-state index < -0.39 is 0 Å². The molecule has 12 heavy (non-hydrogen) atoms. The molecular weight excluding hydrogens is 148 g/mol. The first-order chi connectivity index (χ1) is 5.84. The predicted molar refractivity (Wildman–Crippen MR) is 48.5 cm³/mol. The van der Waals surface area contributed by atoms with E-state index in [1.165, 1.54) is 11.1 Å². The van der Waals surface area contributed by atoms with E-state index in [0.29, 0.717) is 0 Å². The Bertz CT molecular complexity index is 286. The van der Waals surface area contributed by atoms with Crippen LogP contribution in [0.4, 0.5) is 0 Å². The summed E-state index contributed by atoms with van der Waals surface area (Å²) < 4.78 is 0. The van der Waals surface area contributed by atoms with Crippen LogP contribution >= 0.6 is 0 Å². The maximum atomic E-state index is 8.25. The van der Waals surface area contributed by atoms with E-state index >= 15 is 0 Å². The van der Waals surface area contributed by atoms with Gasteiger partial charge in [0.25, 0.3) is 0 Å². The zero-order valence-electron chi connectivity index (χ0n) is 7.17. The van der Waals surface area contributed by atoms with Crippen molar-refractivity contribution in [2.24, 2.45) is 0 Å². The molecule has 0 fully saturated rings. The topological polar surface area (TPSA) is 35.8 Å². The number of hydrogen-bond donors (Lipinski definition) is 1. The zero-order valence-corrected chi connectivity index (χ0v) is 7.17. The Balaban J connectivity index is 2.53. The molecule has 0 aliphatic rings. The summed E-state index contributed by atoms with van der Waals surface area (Å²) >= 11 is 0. The van der Waals surface area contributed by atoms with Gasteiger partial charge in [-0.05, 0) is 24.5 Å². The molecule has 0 saturated carbocycles. The first kappa shape index (κ1) is 8.61. The van der Waals surface area contributed by atoms with Crippen molar-refractivity contribution in [3.8, 4) is 6.19 Å². The molecular formula is C10H12N2. The highest BCUT2D eigenvalue weighted by Crippen LogP contribution is 2.06. The fourth-order valence-electron chi connectivity index (χ4n) is 1.14. The van der Waals surface area contributed by atoms with Gasteiger partial charge in [0, 0.05) is 6.54 Å². The smallest absolute Gasteiger partial charge is 0.176 e. The highest BCUT2D eigenvalue weighted by atomic mass is 14.8. The molecule has 0 radical (unpaired) electrons. The fourth-order valence-corrected chi connectivity index (χ4v) is 1.14. The lowest BCUT2D eigenvalue weighted by Gasteiger charge is -2.02. The molecule has 0 amide bonds. The summed E-state index contributed by atoms with van der Waals surface area (Å²) in [5, 5.41) is 10.9. The molecule has 2 nitrogen and oxygen atoms in total. The van der Waals surface area contributed by atoms with Crippen LogP contribution in [0.2, 0.25) is 0 Å². The Kier molecular flexibility index (Phi) is 3.16. The summed E-state index contributed by atoms with van der Waals surface area (Å²) in [6.07, 6.45) is 2.82. The number of aryl methyl sites for hydroxylation is 1. The number of hydrogen-bond acceptors (Lipinski definition) is 2. The van der Waals surface area contributed by atoms with E-state index in [9.17, 15) is 0 Å². The van der Waals surface area contributed by atoms with Crippen molar-refractivity contribution in [2.45, 2.75) is 13.3 Å². The lowest BCUT2D eigenvalue weighted by atomic mass is 10.1. The van der Waals surface area contributed by atoms with Crippen LogP contribution in [0.25, 0.3) is 0 Å². The molecule has 1 aromatic rings. The van der Waals surface area contributed by atoms with Crippen molar-refractivity contribution in [3.63, 3.8) is 0 Å². The van der Waals surface area contributed by atoms with Gasteiger partial charge in [0.05, 0.1) is 0 Å². The van der Waals surface area contributed by atoms with E-state index in [1.807, 2.05) is 18.3 Å². The first-order valence-electron chi connectivity index (χ1n) is 4.01. The molecule has 2 heteroatoms. The van der Waals surface area contributed by atoms with Gasteiger partial charge in [-0.25, -0.2) is 0 Å². The van der Waals surface area contributed by atoms with Crippen LogP contribution in [0.15, 0.2) is 24.3 Å². The van der Waals surface area contributed by atoms with E-state index in [4.69, 9.17) is 5.26 Å². The van der Waals surface area contributed by atoms with Gasteiger partial charge < -0.3 is 5.32 Å². The van der Waals surface area contributed by atoms with Crippen molar-refractivity contribution < 1.29 is 0 Å². The third kappa shape index (κ3) is 2.28. The minimum absolute atomic E-state index is 0.724. The van der Waals surface area contributed by atoms with Gasteiger partial charge in [0.1, 0.15) is 0 Å². The molecule has 0 bridgehead atoms. The number of nitrogens with one attached hydrogen (secondary N) is 1. The van der Waals surface area contributed by atoms with E-state index in [1.54, 1.807) is 0 Å². The van der Waals surface area contributed by atoms with Gasteiger partial charge in [-0.15, -0.1) is 0 Å². The second-order valence-electron chi connectivity index (χ2n) is 2.72. The summed E-state index contributed by atoms with van der Waals surface area (Å²) in [4.78, 5) is 0. The summed E-state index contributed by atoms with van der Waals surface area (Å²) in [6, 6.07) is 8.22. The summed E-state index contributed by atoms with van der Waals surface area (Å²) in [5.41, 5.74) is 2.59. The molecule has 0 aliphatic heterocycles. The minimum Gasteiger partial charge on any atom is -0.324 e. The monoisotopic (exact) mass is 160 g/mol. The molecule has 1 aromatic carbocycles. The lowest BCUT2D eigenvalue weighted by Crippen LogP contribution is -2.10. The van der Waals surface area contributed by atoms with Gasteiger partial charge in [0.15, 0.2) is 6.19 Å². The Morgan fingerprint density at radius 3 is 2.83 bits per heavy atom. The molecule has 0 aromatic heterocycles. The second-order valence-corrected chi connectivity index (χ2v) is 2.72. The summed E-state index contributed by atoms with van der Waals surface area (Å²) in [5.74, 6) is 0. The van der Waals surface area contributed by atoms with Crippen molar-refractivity contribution in [3.05, 3.63) is 35.4 Å². The van der Waals surface area contributed by atoms with Crippen molar-refractivity contribution in [1.29, 1.82) is 5.26 Å². The molecule has 0 atom stereocenters. The van der Waals surface area contributed by atoms with Gasteiger partial charge in [0.2, 0.25) is 0 Å².